The van der Waals surface area contributed by atoms with Crippen molar-refractivity contribution in [2.45, 2.75) is 19.0 Å². The van der Waals surface area contributed by atoms with E-state index in [-0.39, 0.29) is 25.0 Å². The van der Waals surface area contributed by atoms with Gasteiger partial charge in [-0.05, 0) is 17.7 Å². The summed E-state index contributed by atoms with van der Waals surface area (Å²) in [5.74, 6) is 0.0445. The fourth-order valence-electron chi connectivity index (χ4n) is 2.55. The number of amides is 3. The largest absolute Gasteiger partial charge is 0.462 e. The topological polar surface area (TPSA) is 139 Å². The molecular formula is C19H21N5O4S. The highest BCUT2D eigenvalue weighted by molar-refractivity contribution is 7.18. The minimum Gasteiger partial charge on any atom is -0.462 e. The van der Waals surface area contributed by atoms with Crippen molar-refractivity contribution in [1.82, 2.24) is 10.6 Å². The molecule has 1 aromatic carbocycles. The molecule has 3 amide bonds. The number of benzene rings is 1. The van der Waals surface area contributed by atoms with E-state index in [2.05, 4.69) is 16.0 Å². The van der Waals surface area contributed by atoms with Crippen LogP contribution >= 0.6 is 11.3 Å². The molecule has 0 spiro atoms. The molecule has 1 atom stereocenters. The smallest absolute Gasteiger partial charge is 0.320 e. The normalized spacial score (nSPS) is 13.4. The van der Waals surface area contributed by atoms with Gasteiger partial charge in [0.05, 0.1) is 9.88 Å². The monoisotopic (exact) mass is 415 g/mol. The summed E-state index contributed by atoms with van der Waals surface area (Å²) < 4.78 is 10.3. The fourth-order valence-corrected chi connectivity index (χ4v) is 3.32. The van der Waals surface area contributed by atoms with E-state index < -0.39 is 12.1 Å². The van der Waals surface area contributed by atoms with Crippen LogP contribution in [0.3, 0.4) is 0 Å². The number of urea groups is 1. The Morgan fingerprint density at radius 3 is 2.66 bits per heavy atom. The molecule has 152 valence electrons. The number of hydrogen-bond donors (Lipinski definition) is 5. The van der Waals surface area contributed by atoms with Crippen LogP contribution < -0.4 is 21.7 Å². The van der Waals surface area contributed by atoms with E-state index in [9.17, 15) is 9.59 Å². The molecule has 1 aliphatic heterocycles. The SMILES string of the molecule is N=C(N)c1ccc(NC(=O)NC(CC2=COCO2)C(=O)NCc2ccccc2)s1. The lowest BCUT2D eigenvalue weighted by atomic mass is 10.1. The lowest BCUT2D eigenvalue weighted by Gasteiger charge is -2.18. The predicted octanol–water partition coefficient (Wildman–Crippen LogP) is 2.07. The molecule has 0 saturated heterocycles. The summed E-state index contributed by atoms with van der Waals surface area (Å²) in [5.41, 5.74) is 6.38. The zero-order chi connectivity index (χ0) is 20.6. The molecule has 0 fully saturated rings. The van der Waals surface area contributed by atoms with Crippen molar-refractivity contribution in [1.29, 1.82) is 5.41 Å². The number of rotatable bonds is 8. The molecule has 0 saturated carbocycles. The fraction of sp³-hybridized carbons (Fsp3) is 0.211. The third-order valence-corrected chi connectivity index (χ3v) is 5.01. The average Bonchev–Trinajstić information content (AvgIpc) is 3.38. The van der Waals surface area contributed by atoms with E-state index in [1.54, 1.807) is 12.1 Å². The molecule has 0 radical (unpaired) electrons. The van der Waals surface area contributed by atoms with Gasteiger partial charge in [0.1, 0.15) is 23.9 Å². The van der Waals surface area contributed by atoms with Crippen molar-refractivity contribution in [3.05, 3.63) is 64.9 Å². The van der Waals surface area contributed by atoms with Crippen LogP contribution in [-0.4, -0.2) is 30.6 Å². The summed E-state index contributed by atoms with van der Waals surface area (Å²) >= 11 is 1.17. The first kappa shape index (κ1) is 20.2. The number of nitrogens with two attached hydrogens (primary N) is 1. The number of carbonyl (C=O) groups excluding carboxylic acids is 2. The van der Waals surface area contributed by atoms with Gasteiger partial charge in [0.2, 0.25) is 12.7 Å². The Hall–Kier alpha value is -3.53. The van der Waals surface area contributed by atoms with Gasteiger partial charge in [-0.15, -0.1) is 11.3 Å². The second-order valence-corrected chi connectivity index (χ2v) is 7.23. The number of ether oxygens (including phenoxy) is 2. The zero-order valence-electron chi connectivity index (χ0n) is 15.4. The van der Waals surface area contributed by atoms with Crippen molar-refractivity contribution >= 4 is 34.1 Å². The van der Waals surface area contributed by atoms with Gasteiger partial charge in [-0.1, -0.05) is 30.3 Å². The molecular weight excluding hydrogens is 394 g/mol. The highest BCUT2D eigenvalue weighted by atomic mass is 32.1. The molecule has 9 nitrogen and oxygen atoms in total. The Bertz CT molecular complexity index is 912. The quantitative estimate of drug-likeness (QED) is 0.332. The summed E-state index contributed by atoms with van der Waals surface area (Å²) in [6.07, 6.45) is 1.58. The second-order valence-electron chi connectivity index (χ2n) is 6.15. The number of nitrogens with one attached hydrogen (secondary N) is 4. The third-order valence-electron chi connectivity index (χ3n) is 3.97. The van der Waals surface area contributed by atoms with E-state index in [1.165, 1.54) is 17.6 Å². The lowest BCUT2D eigenvalue weighted by Crippen LogP contribution is -2.48. The number of nitrogen functional groups attached to an aromatic ring is 1. The van der Waals surface area contributed by atoms with Crippen LogP contribution in [-0.2, 0) is 20.8 Å². The van der Waals surface area contributed by atoms with Crippen molar-refractivity contribution < 1.29 is 19.1 Å². The maximum atomic E-state index is 12.7. The van der Waals surface area contributed by atoms with E-state index in [1.807, 2.05) is 30.3 Å². The molecule has 0 bridgehead atoms. The number of carbonyl (C=O) groups is 2. The maximum absolute atomic E-state index is 12.7. The van der Waals surface area contributed by atoms with Crippen molar-refractivity contribution in [3.8, 4) is 0 Å². The number of amidine groups is 1. The van der Waals surface area contributed by atoms with Crippen LogP contribution in [0, 0.1) is 5.41 Å². The molecule has 3 rings (SSSR count). The van der Waals surface area contributed by atoms with Crippen LogP contribution in [0.2, 0.25) is 0 Å². The van der Waals surface area contributed by atoms with Crippen LogP contribution in [0.1, 0.15) is 16.9 Å². The van der Waals surface area contributed by atoms with Crippen molar-refractivity contribution in [2.75, 3.05) is 12.1 Å². The molecule has 1 unspecified atom stereocenters. The average molecular weight is 415 g/mol. The molecule has 1 aromatic heterocycles. The molecule has 2 aromatic rings. The Morgan fingerprint density at radius 2 is 2.00 bits per heavy atom. The summed E-state index contributed by atoms with van der Waals surface area (Å²) in [5, 5.41) is 16.0. The zero-order valence-corrected chi connectivity index (χ0v) is 16.3. The summed E-state index contributed by atoms with van der Waals surface area (Å²) in [6.45, 7) is 0.422. The Morgan fingerprint density at radius 1 is 1.21 bits per heavy atom. The van der Waals surface area contributed by atoms with Gasteiger partial charge in [0.25, 0.3) is 0 Å². The highest BCUT2D eigenvalue weighted by Gasteiger charge is 2.24. The van der Waals surface area contributed by atoms with E-state index in [4.69, 9.17) is 20.6 Å². The van der Waals surface area contributed by atoms with Gasteiger partial charge in [0.15, 0.2) is 0 Å². The first-order valence-corrected chi connectivity index (χ1v) is 9.60. The van der Waals surface area contributed by atoms with E-state index in [0.29, 0.717) is 22.2 Å². The molecule has 2 heterocycles. The van der Waals surface area contributed by atoms with Crippen molar-refractivity contribution in [2.24, 2.45) is 5.73 Å². The summed E-state index contributed by atoms with van der Waals surface area (Å²) in [7, 11) is 0. The minimum absolute atomic E-state index is 0.0769. The summed E-state index contributed by atoms with van der Waals surface area (Å²) in [6, 6.07) is 11.3. The van der Waals surface area contributed by atoms with Crippen LogP contribution in [0.15, 0.2) is 54.5 Å². The molecule has 1 aliphatic rings. The van der Waals surface area contributed by atoms with Gasteiger partial charge in [0, 0.05) is 13.0 Å². The van der Waals surface area contributed by atoms with E-state index >= 15 is 0 Å². The predicted molar refractivity (Wildman–Crippen MR) is 109 cm³/mol. The van der Waals surface area contributed by atoms with Gasteiger partial charge in [-0.2, -0.15) is 0 Å². The van der Waals surface area contributed by atoms with Crippen LogP contribution in [0.4, 0.5) is 9.80 Å². The Balaban J connectivity index is 1.61. The summed E-state index contributed by atoms with van der Waals surface area (Å²) in [4.78, 5) is 25.6. The van der Waals surface area contributed by atoms with Gasteiger partial charge in [-0.25, -0.2) is 4.79 Å². The highest BCUT2D eigenvalue weighted by Crippen LogP contribution is 2.21. The second kappa shape index (κ2) is 9.60. The van der Waals surface area contributed by atoms with Crippen LogP contribution in [0.25, 0.3) is 0 Å². The van der Waals surface area contributed by atoms with Crippen LogP contribution in [0.5, 0.6) is 0 Å². The molecule has 10 heteroatoms. The third kappa shape index (κ3) is 5.98. The first-order valence-electron chi connectivity index (χ1n) is 8.78. The van der Waals surface area contributed by atoms with Crippen molar-refractivity contribution in [3.63, 3.8) is 0 Å². The number of hydrogen-bond acceptors (Lipinski definition) is 6. The standard InChI is InChI=1S/C19H21N5O4S/c20-17(21)15-6-7-16(29-15)24-19(26)23-14(8-13-10-27-11-28-13)18(25)22-9-12-4-2-1-3-5-12/h1-7,10,14H,8-9,11H2,(H3,20,21)(H,22,25)(H2,23,24,26). The maximum Gasteiger partial charge on any atom is 0.320 e. The minimum atomic E-state index is -0.862. The molecule has 6 N–H and O–H groups in total. The van der Waals surface area contributed by atoms with Gasteiger partial charge < -0.3 is 25.8 Å². The lowest BCUT2D eigenvalue weighted by molar-refractivity contribution is -0.123. The Kier molecular flexibility index (Phi) is 6.69. The van der Waals surface area contributed by atoms with Gasteiger partial charge in [-0.3, -0.25) is 15.5 Å². The Labute approximate surface area is 171 Å². The number of anilines is 1. The van der Waals surface area contributed by atoms with E-state index in [0.717, 1.165) is 5.56 Å². The van der Waals surface area contributed by atoms with Gasteiger partial charge >= 0.3 is 6.03 Å². The molecule has 29 heavy (non-hydrogen) atoms. The molecule has 0 aliphatic carbocycles. The number of thiophene rings is 1. The first-order chi connectivity index (χ1) is 14.0.